The van der Waals surface area contributed by atoms with Crippen LogP contribution in [-0.4, -0.2) is 11.6 Å². The molecule has 0 aliphatic heterocycles. The summed E-state index contributed by atoms with van der Waals surface area (Å²) < 4.78 is 5.14. The molecule has 0 spiro atoms. The van der Waals surface area contributed by atoms with E-state index in [-0.39, 0.29) is 11.4 Å². The fraction of sp³-hybridized carbons (Fsp3) is 0.643. The van der Waals surface area contributed by atoms with Crippen LogP contribution >= 0.6 is 0 Å². The standard InChI is InChI=1S/C14H24O2/c1-13(2,3)11-9-7-8-10-12(15)16-14(4,5)6/h8-11H,7H2,1-6H3/b10-8+,11-9+. The maximum Gasteiger partial charge on any atom is 0.330 e. The fourth-order valence-electron chi connectivity index (χ4n) is 1.00. The Balaban J connectivity index is 3.95. The van der Waals surface area contributed by atoms with Crippen molar-refractivity contribution in [3.8, 4) is 0 Å². The molecule has 0 aromatic heterocycles. The van der Waals surface area contributed by atoms with Crippen molar-refractivity contribution in [1.29, 1.82) is 0 Å². The molecule has 0 saturated heterocycles. The molecule has 0 radical (unpaired) electrons. The topological polar surface area (TPSA) is 26.3 Å². The Morgan fingerprint density at radius 2 is 1.62 bits per heavy atom. The molecule has 0 fully saturated rings. The summed E-state index contributed by atoms with van der Waals surface area (Å²) in [5, 5.41) is 0. The molecule has 0 rings (SSSR count). The summed E-state index contributed by atoms with van der Waals surface area (Å²) in [6, 6.07) is 0. The van der Waals surface area contributed by atoms with Gasteiger partial charge in [-0.15, -0.1) is 0 Å². The summed E-state index contributed by atoms with van der Waals surface area (Å²) in [6.45, 7) is 12.0. The Bertz CT molecular complexity index is 272. The molecule has 0 atom stereocenters. The van der Waals surface area contributed by atoms with Crippen LogP contribution < -0.4 is 0 Å². The largest absolute Gasteiger partial charge is 0.457 e. The first-order chi connectivity index (χ1) is 7.10. The number of hydrogen-bond acceptors (Lipinski definition) is 2. The van der Waals surface area contributed by atoms with Crippen LogP contribution in [0.2, 0.25) is 0 Å². The predicted molar refractivity (Wildman–Crippen MR) is 68.2 cm³/mol. The molecule has 16 heavy (non-hydrogen) atoms. The van der Waals surface area contributed by atoms with Crippen molar-refractivity contribution in [3.05, 3.63) is 24.3 Å². The van der Waals surface area contributed by atoms with E-state index >= 15 is 0 Å². The van der Waals surface area contributed by atoms with E-state index in [9.17, 15) is 4.79 Å². The molecule has 2 nitrogen and oxygen atoms in total. The molecule has 0 aliphatic rings. The number of carbonyl (C=O) groups is 1. The predicted octanol–water partition coefficient (Wildman–Crippen LogP) is 3.88. The van der Waals surface area contributed by atoms with Crippen LogP contribution in [0.15, 0.2) is 24.3 Å². The van der Waals surface area contributed by atoms with Gasteiger partial charge in [-0.3, -0.25) is 0 Å². The summed E-state index contributed by atoms with van der Waals surface area (Å²) in [7, 11) is 0. The number of ether oxygens (including phenoxy) is 1. The summed E-state index contributed by atoms with van der Waals surface area (Å²) in [5.41, 5.74) is -0.220. The number of rotatable bonds is 3. The Kier molecular flexibility index (Phi) is 5.49. The molecule has 0 aromatic carbocycles. The molecule has 0 unspecified atom stereocenters. The first-order valence-corrected chi connectivity index (χ1v) is 5.67. The van der Waals surface area contributed by atoms with E-state index in [1.807, 2.05) is 26.8 Å². The summed E-state index contributed by atoms with van der Waals surface area (Å²) in [4.78, 5) is 11.3. The van der Waals surface area contributed by atoms with Gasteiger partial charge in [-0.2, -0.15) is 0 Å². The highest BCUT2D eigenvalue weighted by molar-refractivity contribution is 5.82. The highest BCUT2D eigenvalue weighted by atomic mass is 16.6. The van der Waals surface area contributed by atoms with E-state index < -0.39 is 5.60 Å². The van der Waals surface area contributed by atoms with Gasteiger partial charge in [0.1, 0.15) is 5.60 Å². The molecular weight excluding hydrogens is 200 g/mol. The van der Waals surface area contributed by atoms with Gasteiger partial charge in [0, 0.05) is 6.08 Å². The smallest absolute Gasteiger partial charge is 0.330 e. The third-order valence-corrected chi connectivity index (χ3v) is 1.55. The third kappa shape index (κ3) is 11.0. The fourth-order valence-corrected chi connectivity index (χ4v) is 1.00. The van der Waals surface area contributed by atoms with Crippen molar-refractivity contribution in [1.82, 2.24) is 0 Å². The molecule has 0 saturated carbocycles. The van der Waals surface area contributed by atoms with Crippen LogP contribution in [0.3, 0.4) is 0 Å². The van der Waals surface area contributed by atoms with Crippen molar-refractivity contribution in [2.75, 3.05) is 0 Å². The van der Waals surface area contributed by atoms with E-state index in [0.717, 1.165) is 6.42 Å². The van der Waals surface area contributed by atoms with Gasteiger partial charge in [-0.25, -0.2) is 4.79 Å². The average molecular weight is 224 g/mol. The second-order valence-corrected chi connectivity index (χ2v) is 5.94. The zero-order chi connectivity index (χ0) is 12.8. The van der Waals surface area contributed by atoms with E-state index in [1.165, 1.54) is 6.08 Å². The maximum atomic E-state index is 11.3. The lowest BCUT2D eigenvalue weighted by molar-refractivity contribution is -0.148. The Morgan fingerprint density at radius 3 is 2.06 bits per heavy atom. The van der Waals surface area contributed by atoms with E-state index in [1.54, 1.807) is 0 Å². The lowest BCUT2D eigenvalue weighted by Gasteiger charge is -2.17. The van der Waals surface area contributed by atoms with Crippen molar-refractivity contribution in [2.45, 2.75) is 53.6 Å². The minimum absolute atomic E-state index is 0.194. The minimum Gasteiger partial charge on any atom is -0.457 e. The average Bonchev–Trinajstić information content (AvgIpc) is 1.97. The molecule has 92 valence electrons. The minimum atomic E-state index is -0.414. The monoisotopic (exact) mass is 224 g/mol. The van der Waals surface area contributed by atoms with Crippen LogP contribution in [0, 0.1) is 5.41 Å². The Labute approximate surface area is 99.4 Å². The van der Waals surface area contributed by atoms with Crippen LogP contribution in [0.1, 0.15) is 48.0 Å². The van der Waals surface area contributed by atoms with Gasteiger partial charge in [-0.1, -0.05) is 39.0 Å². The molecular formula is C14H24O2. The molecule has 2 heteroatoms. The van der Waals surface area contributed by atoms with Gasteiger partial charge in [0.05, 0.1) is 0 Å². The number of esters is 1. The Hall–Kier alpha value is -1.05. The van der Waals surface area contributed by atoms with E-state index in [2.05, 4.69) is 32.9 Å². The molecule has 0 heterocycles. The van der Waals surface area contributed by atoms with Gasteiger partial charge in [0.2, 0.25) is 0 Å². The first-order valence-electron chi connectivity index (χ1n) is 5.67. The van der Waals surface area contributed by atoms with Crippen LogP contribution in [0.25, 0.3) is 0 Å². The second kappa shape index (κ2) is 5.88. The normalized spacial score (nSPS) is 13.6. The highest BCUT2D eigenvalue weighted by Crippen LogP contribution is 2.14. The number of hydrogen-bond donors (Lipinski definition) is 0. The van der Waals surface area contributed by atoms with Crippen LogP contribution in [0.4, 0.5) is 0 Å². The summed E-state index contributed by atoms with van der Waals surface area (Å²) in [5.74, 6) is -0.281. The van der Waals surface area contributed by atoms with Gasteiger partial charge >= 0.3 is 5.97 Å². The van der Waals surface area contributed by atoms with Crippen LogP contribution in [-0.2, 0) is 9.53 Å². The van der Waals surface area contributed by atoms with Gasteiger partial charge in [0.15, 0.2) is 0 Å². The van der Waals surface area contributed by atoms with Gasteiger partial charge in [-0.05, 0) is 32.6 Å². The molecule has 0 N–H and O–H groups in total. The first kappa shape index (κ1) is 14.9. The number of carbonyl (C=O) groups excluding carboxylic acids is 1. The van der Waals surface area contributed by atoms with E-state index in [0.29, 0.717) is 0 Å². The van der Waals surface area contributed by atoms with Gasteiger partial charge < -0.3 is 4.74 Å². The van der Waals surface area contributed by atoms with E-state index in [4.69, 9.17) is 4.74 Å². The van der Waals surface area contributed by atoms with Crippen molar-refractivity contribution in [2.24, 2.45) is 5.41 Å². The molecule has 0 aromatic rings. The summed E-state index contributed by atoms with van der Waals surface area (Å²) in [6.07, 6.45) is 8.25. The molecule has 0 bridgehead atoms. The molecule has 0 aliphatic carbocycles. The summed E-state index contributed by atoms with van der Waals surface area (Å²) >= 11 is 0. The quantitative estimate of drug-likeness (QED) is 0.413. The second-order valence-electron chi connectivity index (χ2n) is 5.94. The van der Waals surface area contributed by atoms with Gasteiger partial charge in [0.25, 0.3) is 0 Å². The Morgan fingerprint density at radius 1 is 1.06 bits per heavy atom. The van der Waals surface area contributed by atoms with Crippen molar-refractivity contribution >= 4 is 5.97 Å². The highest BCUT2D eigenvalue weighted by Gasteiger charge is 2.13. The SMILES string of the molecule is CC(C)(C)/C=C/C/C=C/C(=O)OC(C)(C)C. The van der Waals surface area contributed by atoms with Crippen molar-refractivity contribution < 1.29 is 9.53 Å². The van der Waals surface area contributed by atoms with Crippen LogP contribution in [0.5, 0.6) is 0 Å². The third-order valence-electron chi connectivity index (χ3n) is 1.55. The number of allylic oxidation sites excluding steroid dienone is 3. The lowest BCUT2D eigenvalue weighted by Crippen LogP contribution is -2.22. The zero-order valence-corrected chi connectivity index (χ0v) is 11.3. The lowest BCUT2D eigenvalue weighted by atomic mass is 9.96. The van der Waals surface area contributed by atoms with Crippen molar-refractivity contribution in [3.63, 3.8) is 0 Å². The molecule has 0 amide bonds. The zero-order valence-electron chi connectivity index (χ0n) is 11.3. The maximum absolute atomic E-state index is 11.3.